The topological polar surface area (TPSA) is 82.6 Å². The lowest BCUT2D eigenvalue weighted by Crippen LogP contribution is -2.11. The highest BCUT2D eigenvalue weighted by Crippen LogP contribution is 2.49. The van der Waals surface area contributed by atoms with Gasteiger partial charge in [0.2, 0.25) is 0 Å². The number of pyridine rings is 1. The molecule has 0 N–H and O–H groups in total. The normalized spacial score (nSPS) is 12.6. The lowest BCUT2D eigenvalue weighted by atomic mass is 10.5. The van der Waals surface area contributed by atoms with E-state index in [1.165, 1.54) is 24.5 Å². The van der Waals surface area contributed by atoms with Gasteiger partial charge in [0.25, 0.3) is 0 Å². The highest BCUT2D eigenvalue weighted by molar-refractivity contribution is 7.97. The summed E-state index contributed by atoms with van der Waals surface area (Å²) >= 11 is 0. The molecule has 102 valence electrons. The zero-order chi connectivity index (χ0) is 13.6. The van der Waals surface area contributed by atoms with E-state index in [4.69, 9.17) is 9.05 Å². The number of rotatable bonds is 7. The van der Waals surface area contributed by atoms with Crippen molar-refractivity contribution in [2.45, 2.75) is 18.7 Å². The standard InChI is InChI=1S/C10H16NO5PS/c1-3-15-17(12,16-4-2)9-18(13,14)10-5-7-11-8-6-10/h5-8H,3-4,9H2,1-2H3. The fourth-order valence-corrected chi connectivity index (χ4v) is 5.59. The van der Waals surface area contributed by atoms with Gasteiger partial charge in [-0.25, -0.2) is 8.42 Å². The van der Waals surface area contributed by atoms with Crippen LogP contribution in [0.5, 0.6) is 0 Å². The van der Waals surface area contributed by atoms with Crippen molar-refractivity contribution in [1.82, 2.24) is 4.98 Å². The van der Waals surface area contributed by atoms with Crippen LogP contribution in [0.3, 0.4) is 0 Å². The van der Waals surface area contributed by atoms with Crippen LogP contribution in [0.2, 0.25) is 0 Å². The first-order chi connectivity index (χ1) is 8.43. The van der Waals surface area contributed by atoms with E-state index in [0.29, 0.717) is 0 Å². The minimum Gasteiger partial charge on any atom is -0.308 e. The van der Waals surface area contributed by atoms with Crippen molar-refractivity contribution in [1.29, 1.82) is 0 Å². The third kappa shape index (κ3) is 4.17. The molecule has 8 heteroatoms. The number of aromatic nitrogens is 1. The van der Waals surface area contributed by atoms with Crippen LogP contribution < -0.4 is 0 Å². The van der Waals surface area contributed by atoms with E-state index in [9.17, 15) is 13.0 Å². The molecule has 1 aromatic rings. The fraction of sp³-hybridized carbons (Fsp3) is 0.500. The Hall–Kier alpha value is -0.750. The summed E-state index contributed by atoms with van der Waals surface area (Å²) < 4.78 is 46.2. The molecule has 0 unspecified atom stereocenters. The first-order valence-corrected chi connectivity index (χ1v) is 8.82. The molecule has 0 aromatic carbocycles. The van der Waals surface area contributed by atoms with Crippen LogP contribution in [-0.2, 0) is 23.4 Å². The summed E-state index contributed by atoms with van der Waals surface area (Å²) in [5, 5.41) is 0. The van der Waals surface area contributed by atoms with E-state index in [0.717, 1.165) is 0 Å². The molecule has 0 spiro atoms. The van der Waals surface area contributed by atoms with Gasteiger partial charge in [0.1, 0.15) is 0 Å². The number of hydrogen-bond acceptors (Lipinski definition) is 6. The molecule has 0 saturated heterocycles. The second-order valence-corrected chi connectivity index (χ2v) is 7.85. The Morgan fingerprint density at radius 1 is 1.17 bits per heavy atom. The SMILES string of the molecule is CCOP(=O)(CS(=O)(=O)c1ccncc1)OCC. The maximum atomic E-state index is 12.2. The molecule has 0 radical (unpaired) electrons. The zero-order valence-electron chi connectivity index (χ0n) is 10.3. The molecule has 0 bridgehead atoms. The zero-order valence-corrected chi connectivity index (χ0v) is 12.0. The van der Waals surface area contributed by atoms with Crippen LogP contribution in [0, 0.1) is 0 Å². The lowest BCUT2D eigenvalue weighted by molar-refractivity contribution is 0.224. The highest BCUT2D eigenvalue weighted by atomic mass is 32.2. The molecular formula is C10H16NO5PS. The van der Waals surface area contributed by atoms with Gasteiger partial charge >= 0.3 is 7.60 Å². The largest absolute Gasteiger partial charge is 0.346 e. The van der Waals surface area contributed by atoms with Crippen molar-refractivity contribution in [3.63, 3.8) is 0 Å². The predicted octanol–water partition coefficient (Wildman–Crippen LogP) is 2.08. The number of hydrogen-bond donors (Lipinski definition) is 0. The van der Waals surface area contributed by atoms with Gasteiger partial charge in [-0.3, -0.25) is 9.55 Å². The molecule has 0 aliphatic heterocycles. The summed E-state index contributed by atoms with van der Waals surface area (Å²) in [5.41, 5.74) is -0.661. The third-order valence-electron chi connectivity index (χ3n) is 1.99. The molecular weight excluding hydrogens is 277 g/mol. The Morgan fingerprint density at radius 3 is 2.11 bits per heavy atom. The minimum absolute atomic E-state index is 0.0529. The molecule has 0 atom stereocenters. The fourth-order valence-electron chi connectivity index (χ4n) is 1.33. The first kappa shape index (κ1) is 15.3. The van der Waals surface area contributed by atoms with Gasteiger partial charge < -0.3 is 9.05 Å². The molecule has 1 aromatic heterocycles. The van der Waals surface area contributed by atoms with Gasteiger partial charge in [0, 0.05) is 12.4 Å². The van der Waals surface area contributed by atoms with E-state index < -0.39 is 22.9 Å². The summed E-state index contributed by atoms with van der Waals surface area (Å²) in [6, 6.07) is 2.69. The molecule has 18 heavy (non-hydrogen) atoms. The minimum atomic E-state index is -3.72. The van der Waals surface area contributed by atoms with E-state index >= 15 is 0 Å². The van der Waals surface area contributed by atoms with Crippen molar-refractivity contribution in [2.24, 2.45) is 0 Å². The Balaban J connectivity index is 2.97. The van der Waals surface area contributed by atoms with Crippen molar-refractivity contribution < 1.29 is 22.0 Å². The molecule has 0 amide bonds. The average molecular weight is 293 g/mol. The Kier molecular flexibility index (Phi) is 5.47. The smallest absolute Gasteiger partial charge is 0.308 e. The quantitative estimate of drug-likeness (QED) is 0.716. The Morgan fingerprint density at radius 2 is 1.67 bits per heavy atom. The van der Waals surface area contributed by atoms with Crippen LogP contribution in [0.25, 0.3) is 0 Å². The Bertz CT molecular complexity index is 506. The van der Waals surface area contributed by atoms with Crippen LogP contribution in [0.15, 0.2) is 29.4 Å². The first-order valence-electron chi connectivity index (χ1n) is 5.44. The van der Waals surface area contributed by atoms with E-state index in [-0.39, 0.29) is 18.1 Å². The summed E-state index contributed by atoms with van der Waals surface area (Å²) in [4.78, 5) is 3.78. The molecule has 0 fully saturated rings. The van der Waals surface area contributed by atoms with E-state index in [2.05, 4.69) is 4.98 Å². The summed E-state index contributed by atoms with van der Waals surface area (Å²) in [5.74, 6) is 0. The van der Waals surface area contributed by atoms with Gasteiger partial charge in [-0.1, -0.05) is 0 Å². The third-order valence-corrected chi connectivity index (χ3v) is 6.91. The molecule has 6 nitrogen and oxygen atoms in total. The molecule has 0 aliphatic rings. The van der Waals surface area contributed by atoms with Gasteiger partial charge in [0.15, 0.2) is 15.3 Å². The van der Waals surface area contributed by atoms with Crippen LogP contribution >= 0.6 is 7.60 Å². The lowest BCUT2D eigenvalue weighted by Gasteiger charge is -2.16. The van der Waals surface area contributed by atoms with Crippen LogP contribution in [0.4, 0.5) is 0 Å². The van der Waals surface area contributed by atoms with Crippen LogP contribution in [0.1, 0.15) is 13.8 Å². The van der Waals surface area contributed by atoms with Crippen molar-refractivity contribution in [3.8, 4) is 0 Å². The van der Waals surface area contributed by atoms with Crippen LogP contribution in [-0.4, -0.2) is 32.1 Å². The predicted molar refractivity (Wildman–Crippen MR) is 67.1 cm³/mol. The number of sulfone groups is 1. The molecule has 1 rings (SSSR count). The highest BCUT2D eigenvalue weighted by Gasteiger charge is 2.32. The second-order valence-electron chi connectivity index (χ2n) is 3.37. The molecule has 1 heterocycles. The number of nitrogens with zero attached hydrogens (tertiary/aromatic N) is 1. The average Bonchev–Trinajstić information content (AvgIpc) is 2.29. The van der Waals surface area contributed by atoms with E-state index in [1.807, 2.05) is 0 Å². The second kappa shape index (κ2) is 6.43. The monoisotopic (exact) mass is 293 g/mol. The Labute approximate surface area is 107 Å². The van der Waals surface area contributed by atoms with Crippen molar-refractivity contribution in [3.05, 3.63) is 24.5 Å². The molecule has 0 aliphatic carbocycles. The maximum Gasteiger partial charge on any atom is 0.346 e. The molecule has 0 saturated carbocycles. The maximum absolute atomic E-state index is 12.2. The summed E-state index contributed by atoms with van der Waals surface area (Å²) in [6.45, 7) is 3.52. The van der Waals surface area contributed by atoms with Gasteiger partial charge in [-0.2, -0.15) is 0 Å². The van der Waals surface area contributed by atoms with Gasteiger partial charge in [-0.05, 0) is 26.0 Å². The van der Waals surface area contributed by atoms with Gasteiger partial charge in [-0.15, -0.1) is 0 Å². The summed E-state index contributed by atoms with van der Waals surface area (Å²) in [7, 11) is -7.33. The van der Waals surface area contributed by atoms with Crippen molar-refractivity contribution in [2.75, 3.05) is 18.7 Å². The summed E-state index contributed by atoms with van der Waals surface area (Å²) in [6.07, 6.45) is 2.72. The van der Waals surface area contributed by atoms with Crippen molar-refractivity contribution >= 4 is 17.4 Å². The van der Waals surface area contributed by atoms with E-state index in [1.54, 1.807) is 13.8 Å². The van der Waals surface area contributed by atoms with Gasteiger partial charge in [0.05, 0.1) is 18.1 Å².